The van der Waals surface area contributed by atoms with E-state index < -0.39 is 34.9 Å². The Hall–Kier alpha value is -2.89. The Morgan fingerprint density at radius 2 is 2.00 bits per heavy atom. The Morgan fingerprint density at radius 3 is 2.59 bits per heavy atom. The van der Waals surface area contributed by atoms with E-state index in [1.54, 1.807) is 6.07 Å². The molecule has 22 heavy (non-hydrogen) atoms. The summed E-state index contributed by atoms with van der Waals surface area (Å²) in [5, 5.41) is 14.7. The molecule has 0 atom stereocenters. The molecule has 2 aromatic rings. The molecule has 0 aliphatic rings. The molecule has 0 fully saturated rings. The molecule has 0 bridgehead atoms. The van der Waals surface area contributed by atoms with Crippen molar-refractivity contribution in [2.75, 3.05) is 5.32 Å². The molecule has 0 unspecified atom stereocenters. The smallest absolute Gasteiger partial charge is 0.225 e. The number of amides is 1. The summed E-state index contributed by atoms with van der Waals surface area (Å²) in [6, 6.07) is 1.82. The van der Waals surface area contributed by atoms with Gasteiger partial charge in [0.05, 0.1) is 6.20 Å². The van der Waals surface area contributed by atoms with Gasteiger partial charge in [-0.2, -0.15) is 10.4 Å². The second-order valence-electron chi connectivity index (χ2n) is 4.15. The van der Waals surface area contributed by atoms with Crippen LogP contribution in [-0.2, 0) is 4.79 Å². The number of halogens is 4. The lowest BCUT2D eigenvalue weighted by Crippen LogP contribution is -2.16. The molecule has 1 heterocycles. The molecule has 0 radical (unpaired) electrons. The minimum absolute atomic E-state index is 0.0266. The van der Waals surface area contributed by atoms with Crippen LogP contribution < -0.4 is 5.32 Å². The first kappa shape index (κ1) is 15.5. The van der Waals surface area contributed by atoms with Crippen molar-refractivity contribution in [3.05, 3.63) is 41.1 Å². The number of carbonyl (C=O) groups is 1. The number of nitriles is 1. The van der Waals surface area contributed by atoms with Gasteiger partial charge in [-0.05, 0) is 0 Å². The molecular formula is C13H8F4N4O. The average molecular weight is 312 g/mol. The summed E-state index contributed by atoms with van der Waals surface area (Å²) in [6.45, 7) is 1.51. The van der Waals surface area contributed by atoms with Gasteiger partial charge in [-0.25, -0.2) is 22.2 Å². The normalized spacial score (nSPS) is 10.4. The Kier molecular flexibility index (Phi) is 4.12. The maximum absolute atomic E-state index is 13.8. The van der Waals surface area contributed by atoms with Crippen molar-refractivity contribution in [1.29, 1.82) is 5.26 Å². The van der Waals surface area contributed by atoms with Crippen LogP contribution in [0.5, 0.6) is 0 Å². The minimum Gasteiger partial charge on any atom is -0.309 e. The fourth-order valence-electron chi connectivity index (χ4n) is 1.69. The maximum Gasteiger partial charge on any atom is 0.225 e. The van der Waals surface area contributed by atoms with Crippen LogP contribution in [0.25, 0.3) is 5.69 Å². The van der Waals surface area contributed by atoms with Gasteiger partial charge in [0.15, 0.2) is 29.1 Å². The number of benzene rings is 1. The minimum atomic E-state index is -1.89. The Balaban J connectivity index is 2.69. The van der Waals surface area contributed by atoms with Crippen LogP contribution in [0.15, 0.2) is 12.3 Å². The van der Waals surface area contributed by atoms with Gasteiger partial charge in [-0.1, -0.05) is 6.92 Å². The van der Waals surface area contributed by atoms with E-state index >= 15 is 0 Å². The molecule has 5 nitrogen and oxygen atoms in total. The second kappa shape index (κ2) is 5.85. The Bertz CT molecular complexity index is 794. The van der Waals surface area contributed by atoms with Gasteiger partial charge in [0.2, 0.25) is 5.91 Å². The highest BCUT2D eigenvalue weighted by Crippen LogP contribution is 2.27. The lowest BCUT2D eigenvalue weighted by atomic mass is 10.2. The molecule has 2 rings (SSSR count). The highest BCUT2D eigenvalue weighted by Gasteiger charge is 2.24. The van der Waals surface area contributed by atoms with Gasteiger partial charge in [0, 0.05) is 12.5 Å². The third-order valence-corrected chi connectivity index (χ3v) is 2.77. The van der Waals surface area contributed by atoms with Gasteiger partial charge in [-0.15, -0.1) is 0 Å². The maximum atomic E-state index is 13.8. The monoisotopic (exact) mass is 312 g/mol. The van der Waals surface area contributed by atoms with Crippen LogP contribution in [-0.4, -0.2) is 15.7 Å². The van der Waals surface area contributed by atoms with E-state index in [0.29, 0.717) is 4.68 Å². The standard InChI is InChI=1S/C13H8F4N4O/c1-2-9(22)20-13-6(4-18)5-19-21(13)12-8(15)3-7(14)10(16)11(12)17/h3,5H,2H2,1H3,(H,20,22). The number of hydrogen-bond acceptors (Lipinski definition) is 3. The Morgan fingerprint density at radius 1 is 1.32 bits per heavy atom. The molecule has 0 aliphatic heterocycles. The number of hydrogen-bond donors (Lipinski definition) is 1. The molecular weight excluding hydrogens is 304 g/mol. The molecule has 0 aliphatic carbocycles. The molecule has 0 saturated carbocycles. The van der Waals surface area contributed by atoms with E-state index in [-0.39, 0.29) is 23.9 Å². The van der Waals surface area contributed by atoms with Gasteiger partial charge < -0.3 is 5.32 Å². The zero-order valence-corrected chi connectivity index (χ0v) is 11.1. The van der Waals surface area contributed by atoms with Crippen molar-refractivity contribution in [3.8, 4) is 11.8 Å². The van der Waals surface area contributed by atoms with E-state index in [1.165, 1.54) is 6.92 Å². The van der Waals surface area contributed by atoms with Crippen LogP contribution >= 0.6 is 0 Å². The SMILES string of the molecule is CCC(=O)Nc1c(C#N)cnn1-c1c(F)cc(F)c(F)c1F. The summed E-state index contributed by atoms with van der Waals surface area (Å²) >= 11 is 0. The van der Waals surface area contributed by atoms with Gasteiger partial charge in [0.1, 0.15) is 17.3 Å². The summed E-state index contributed by atoms with van der Waals surface area (Å²) < 4.78 is 54.4. The third-order valence-electron chi connectivity index (χ3n) is 2.77. The van der Waals surface area contributed by atoms with Crippen LogP contribution in [0.1, 0.15) is 18.9 Å². The quantitative estimate of drug-likeness (QED) is 0.538. The molecule has 1 N–H and O–H groups in total. The number of aromatic nitrogens is 2. The summed E-state index contributed by atoms with van der Waals surface area (Å²) in [4.78, 5) is 11.4. The van der Waals surface area contributed by atoms with Crippen LogP contribution in [0.4, 0.5) is 23.4 Å². The molecule has 0 spiro atoms. The van der Waals surface area contributed by atoms with Crippen molar-refractivity contribution < 1.29 is 22.4 Å². The zero-order valence-electron chi connectivity index (χ0n) is 11.1. The van der Waals surface area contributed by atoms with Gasteiger partial charge >= 0.3 is 0 Å². The van der Waals surface area contributed by atoms with Crippen molar-refractivity contribution in [1.82, 2.24) is 9.78 Å². The van der Waals surface area contributed by atoms with Crippen molar-refractivity contribution >= 4 is 11.7 Å². The predicted molar refractivity (Wildman–Crippen MR) is 67.0 cm³/mol. The van der Waals surface area contributed by atoms with Crippen LogP contribution in [0.2, 0.25) is 0 Å². The number of nitrogens with one attached hydrogen (secondary N) is 1. The highest BCUT2D eigenvalue weighted by molar-refractivity contribution is 5.91. The van der Waals surface area contributed by atoms with E-state index in [2.05, 4.69) is 10.4 Å². The first-order chi connectivity index (χ1) is 10.4. The number of nitrogens with zero attached hydrogens (tertiary/aromatic N) is 3. The lowest BCUT2D eigenvalue weighted by Gasteiger charge is -2.11. The number of anilines is 1. The fourth-order valence-corrected chi connectivity index (χ4v) is 1.69. The van der Waals surface area contributed by atoms with Crippen molar-refractivity contribution in [3.63, 3.8) is 0 Å². The molecule has 1 aromatic heterocycles. The van der Waals surface area contributed by atoms with Gasteiger partial charge in [-0.3, -0.25) is 4.79 Å². The highest BCUT2D eigenvalue weighted by atomic mass is 19.2. The van der Waals surface area contributed by atoms with Crippen molar-refractivity contribution in [2.45, 2.75) is 13.3 Å². The van der Waals surface area contributed by atoms with E-state index in [4.69, 9.17) is 5.26 Å². The molecule has 1 amide bonds. The number of carbonyl (C=O) groups excluding carboxylic acids is 1. The van der Waals surface area contributed by atoms with Crippen molar-refractivity contribution in [2.24, 2.45) is 0 Å². The topological polar surface area (TPSA) is 70.7 Å². The van der Waals surface area contributed by atoms with Gasteiger partial charge in [0.25, 0.3) is 0 Å². The third kappa shape index (κ3) is 2.50. The lowest BCUT2D eigenvalue weighted by molar-refractivity contribution is -0.115. The van der Waals surface area contributed by atoms with E-state index in [9.17, 15) is 22.4 Å². The summed E-state index contributed by atoms with van der Waals surface area (Å²) in [5.74, 6) is -7.74. The van der Waals surface area contributed by atoms with E-state index in [0.717, 1.165) is 6.20 Å². The molecule has 9 heteroatoms. The molecule has 0 saturated heterocycles. The second-order valence-corrected chi connectivity index (χ2v) is 4.15. The van der Waals surface area contributed by atoms with E-state index in [1.807, 2.05) is 0 Å². The summed E-state index contributed by atoms with van der Waals surface area (Å²) in [5.41, 5.74) is -1.22. The number of rotatable bonds is 3. The summed E-state index contributed by atoms with van der Waals surface area (Å²) in [7, 11) is 0. The fraction of sp³-hybridized carbons (Fsp3) is 0.154. The van der Waals surface area contributed by atoms with Crippen LogP contribution in [0, 0.1) is 34.6 Å². The first-order valence-corrected chi connectivity index (χ1v) is 6.02. The predicted octanol–water partition coefficient (Wildman–Crippen LogP) is 2.65. The largest absolute Gasteiger partial charge is 0.309 e. The summed E-state index contributed by atoms with van der Waals surface area (Å²) in [6.07, 6.45) is 0.963. The molecule has 1 aromatic carbocycles. The zero-order chi connectivity index (χ0) is 16.4. The Labute approximate surface area is 121 Å². The van der Waals surface area contributed by atoms with Crippen LogP contribution in [0.3, 0.4) is 0 Å². The average Bonchev–Trinajstić information content (AvgIpc) is 2.87. The molecule has 114 valence electrons. The first-order valence-electron chi connectivity index (χ1n) is 6.02.